The molecule has 0 radical (unpaired) electrons. The molecule has 0 aliphatic heterocycles. The molecule has 0 aromatic rings. The Balaban J connectivity index is 3.19. The highest BCUT2D eigenvalue weighted by atomic mass is 32.2. The predicted octanol–water partition coefficient (Wildman–Crippen LogP) is -0.160. The van der Waals surface area contributed by atoms with Crippen LogP contribution < -0.4 is 5.73 Å². The van der Waals surface area contributed by atoms with Crippen molar-refractivity contribution in [2.45, 2.75) is 6.42 Å². The van der Waals surface area contributed by atoms with Crippen molar-refractivity contribution in [1.82, 2.24) is 0 Å². The molecule has 0 aromatic heterocycles. The first-order chi connectivity index (χ1) is 4.72. The summed E-state index contributed by atoms with van der Waals surface area (Å²) in [6.07, 6.45) is 5.49. The minimum atomic E-state index is -2.16. The summed E-state index contributed by atoms with van der Waals surface area (Å²) in [5.41, 5.74) is 5.70. The van der Waals surface area contributed by atoms with Crippen molar-refractivity contribution in [3.63, 3.8) is 0 Å². The second-order valence-corrected chi connectivity index (χ2v) is 2.87. The molecular weight excluding hydrogens is 150 g/mol. The average Bonchev–Trinajstić information content (AvgIpc) is 1.88. The Morgan fingerprint density at radius 2 is 2.20 bits per heavy atom. The van der Waals surface area contributed by atoms with Crippen molar-refractivity contribution in [3.05, 3.63) is 23.9 Å². The molecule has 1 aliphatic rings. The Morgan fingerprint density at radius 3 is 2.60 bits per heavy atom. The number of allylic oxidation sites excluding steroid dienone is 4. The lowest BCUT2D eigenvalue weighted by atomic mass is 10.1. The third-order valence-corrected chi connectivity index (χ3v) is 2.04. The second kappa shape index (κ2) is 2.70. The molecule has 0 aromatic carbocycles. The molecule has 0 heterocycles. The van der Waals surface area contributed by atoms with Crippen molar-refractivity contribution in [2.24, 2.45) is 5.73 Å². The van der Waals surface area contributed by atoms with E-state index in [1.807, 2.05) is 0 Å². The van der Waals surface area contributed by atoms with Crippen molar-refractivity contribution >= 4 is 15.2 Å². The fraction of sp³-hybridized carbons (Fsp3) is 0.167. The Hall–Kier alpha value is -1.03. The highest BCUT2D eigenvalue weighted by Gasteiger charge is 2.04. The van der Waals surface area contributed by atoms with Crippen molar-refractivity contribution in [2.75, 3.05) is 0 Å². The van der Waals surface area contributed by atoms with E-state index < -0.39 is 10.3 Å². The first-order valence-electron chi connectivity index (χ1n) is 2.79. The summed E-state index contributed by atoms with van der Waals surface area (Å²) in [7, 11) is -2.16. The van der Waals surface area contributed by atoms with Gasteiger partial charge in [0.2, 0.25) is 10.3 Å². The second-order valence-electron chi connectivity index (χ2n) is 1.91. The van der Waals surface area contributed by atoms with Gasteiger partial charge in [-0.05, 0) is 6.08 Å². The van der Waals surface area contributed by atoms with Crippen LogP contribution in [0, 0.1) is 0 Å². The van der Waals surface area contributed by atoms with Gasteiger partial charge in [0.1, 0.15) is 0 Å². The van der Waals surface area contributed by atoms with Crippen LogP contribution in [0.15, 0.2) is 23.9 Å². The largest absolute Gasteiger partial charge is 0.398 e. The maximum Gasteiger partial charge on any atom is 0.219 e. The maximum atomic E-state index is 10.4. The summed E-state index contributed by atoms with van der Waals surface area (Å²) in [5.74, 6) is 0. The summed E-state index contributed by atoms with van der Waals surface area (Å²) in [6, 6.07) is 0. The van der Waals surface area contributed by atoms with Gasteiger partial charge in [0.05, 0.1) is 10.6 Å². The van der Waals surface area contributed by atoms with E-state index in [4.69, 9.17) is 5.73 Å². The lowest BCUT2D eigenvalue weighted by Crippen LogP contribution is -2.13. The molecule has 0 saturated heterocycles. The molecule has 0 fully saturated rings. The van der Waals surface area contributed by atoms with E-state index in [2.05, 4.69) is 0 Å². The van der Waals surface area contributed by atoms with E-state index in [1.54, 1.807) is 18.2 Å². The van der Waals surface area contributed by atoms with E-state index >= 15 is 0 Å². The molecule has 2 N–H and O–H groups in total. The molecule has 0 bridgehead atoms. The Morgan fingerprint density at radius 1 is 1.50 bits per heavy atom. The molecule has 1 aliphatic carbocycles. The third kappa shape index (κ3) is 1.27. The van der Waals surface area contributed by atoms with Gasteiger partial charge in [0.15, 0.2) is 0 Å². The molecule has 0 unspecified atom stereocenters. The van der Waals surface area contributed by atoms with Crippen molar-refractivity contribution < 1.29 is 8.42 Å². The SMILES string of the molecule is NC1=CC=CCC1=S(=O)=O. The Labute approximate surface area is 60.4 Å². The zero-order chi connectivity index (χ0) is 7.56. The predicted molar refractivity (Wildman–Crippen MR) is 40.0 cm³/mol. The van der Waals surface area contributed by atoms with Gasteiger partial charge in [0.25, 0.3) is 0 Å². The van der Waals surface area contributed by atoms with Gasteiger partial charge >= 0.3 is 0 Å². The van der Waals surface area contributed by atoms with E-state index in [-0.39, 0.29) is 4.86 Å². The van der Waals surface area contributed by atoms with Crippen molar-refractivity contribution in [3.8, 4) is 0 Å². The minimum Gasteiger partial charge on any atom is -0.398 e. The van der Waals surface area contributed by atoms with Gasteiger partial charge in [-0.2, -0.15) is 8.42 Å². The van der Waals surface area contributed by atoms with Crippen LogP contribution in [0.2, 0.25) is 0 Å². The van der Waals surface area contributed by atoms with E-state index in [9.17, 15) is 8.42 Å². The van der Waals surface area contributed by atoms with Gasteiger partial charge in [-0.25, -0.2) is 0 Å². The normalized spacial score (nSPS) is 16.8. The molecule has 4 heteroatoms. The summed E-state index contributed by atoms with van der Waals surface area (Å²) in [5, 5.41) is 0. The molecule has 0 spiro atoms. The van der Waals surface area contributed by atoms with Crippen LogP contribution in [-0.2, 0) is 10.3 Å². The third-order valence-electron chi connectivity index (χ3n) is 1.24. The van der Waals surface area contributed by atoms with Gasteiger partial charge in [0, 0.05) is 6.42 Å². The number of rotatable bonds is 0. The average molecular weight is 157 g/mol. The first kappa shape index (κ1) is 7.08. The number of hydrogen-bond donors (Lipinski definition) is 1. The summed E-state index contributed by atoms with van der Waals surface area (Å²) in [6.45, 7) is 0. The van der Waals surface area contributed by atoms with Crippen LogP contribution in [0.25, 0.3) is 0 Å². The zero-order valence-corrected chi connectivity index (χ0v) is 6.06. The summed E-state index contributed by atoms with van der Waals surface area (Å²) in [4.78, 5) is 0.280. The zero-order valence-electron chi connectivity index (χ0n) is 5.24. The fourth-order valence-corrected chi connectivity index (χ4v) is 1.21. The molecular formula is C6H7NO2S. The van der Waals surface area contributed by atoms with Gasteiger partial charge < -0.3 is 5.73 Å². The lowest BCUT2D eigenvalue weighted by Gasteiger charge is -2.01. The van der Waals surface area contributed by atoms with Crippen LogP contribution in [0.1, 0.15) is 6.42 Å². The standard InChI is InChI=1S/C6H7NO2S/c7-5-3-1-2-4-6(5)10(8)9/h1-3H,4,7H2. The molecule has 3 nitrogen and oxygen atoms in total. The highest BCUT2D eigenvalue weighted by molar-refractivity contribution is 7.73. The molecule has 1 rings (SSSR count). The van der Waals surface area contributed by atoms with Crippen LogP contribution in [0.3, 0.4) is 0 Å². The molecule has 0 amide bonds. The van der Waals surface area contributed by atoms with Crippen molar-refractivity contribution in [1.29, 1.82) is 0 Å². The summed E-state index contributed by atoms with van der Waals surface area (Å²) >= 11 is 0. The highest BCUT2D eigenvalue weighted by Crippen LogP contribution is 2.02. The van der Waals surface area contributed by atoms with Crippen LogP contribution >= 0.6 is 0 Å². The molecule has 0 atom stereocenters. The number of nitrogens with two attached hydrogens (primary N) is 1. The Kier molecular flexibility index (Phi) is 1.91. The summed E-state index contributed by atoms with van der Waals surface area (Å²) < 4.78 is 20.7. The van der Waals surface area contributed by atoms with Crippen LogP contribution in [0.5, 0.6) is 0 Å². The van der Waals surface area contributed by atoms with E-state index in [1.165, 1.54) is 0 Å². The van der Waals surface area contributed by atoms with Gasteiger partial charge in [-0.3, -0.25) is 0 Å². The quantitative estimate of drug-likeness (QED) is 0.497. The maximum absolute atomic E-state index is 10.4. The number of hydrogen-bond acceptors (Lipinski definition) is 3. The lowest BCUT2D eigenvalue weighted by molar-refractivity contribution is 0.627. The van der Waals surface area contributed by atoms with E-state index in [0.29, 0.717) is 12.1 Å². The molecule has 0 saturated carbocycles. The smallest absolute Gasteiger partial charge is 0.219 e. The monoisotopic (exact) mass is 157 g/mol. The van der Waals surface area contributed by atoms with Gasteiger partial charge in [-0.15, -0.1) is 0 Å². The first-order valence-corrected chi connectivity index (χ1v) is 3.87. The van der Waals surface area contributed by atoms with E-state index in [0.717, 1.165) is 0 Å². The van der Waals surface area contributed by atoms with Crippen LogP contribution in [0.4, 0.5) is 0 Å². The Bertz CT molecular complexity index is 314. The van der Waals surface area contributed by atoms with Gasteiger partial charge in [-0.1, -0.05) is 12.2 Å². The fourth-order valence-electron chi connectivity index (χ4n) is 0.722. The molecule has 54 valence electrons. The topological polar surface area (TPSA) is 60.2 Å². The van der Waals surface area contributed by atoms with Crippen LogP contribution in [-0.4, -0.2) is 13.3 Å². The minimum absolute atomic E-state index is 0.280. The molecule has 10 heavy (non-hydrogen) atoms.